The number of fused-ring (bicyclic) bond motifs is 1. The molecule has 1 saturated heterocycles. The Balaban J connectivity index is 0.00000169. The molecule has 0 saturated carbocycles. The molecule has 0 radical (unpaired) electrons. The summed E-state index contributed by atoms with van der Waals surface area (Å²) < 4.78 is 1.18. The molecular weight excluding hydrogens is 362 g/mol. The first-order valence-corrected chi connectivity index (χ1v) is 9.40. The molecule has 0 spiro atoms. The average molecular weight is 380 g/mol. The number of benzene rings is 1. The topological polar surface area (TPSA) is 54.0 Å². The van der Waals surface area contributed by atoms with Crippen molar-refractivity contribution in [1.82, 2.24) is 15.6 Å². The number of hydrogen-bond donors (Lipinski definition) is 2. The highest BCUT2D eigenvalue weighted by Crippen LogP contribution is 2.34. The Hall–Kier alpha value is -1.47. The average Bonchev–Trinajstić information content (AvgIpc) is 3.22. The summed E-state index contributed by atoms with van der Waals surface area (Å²) in [7, 11) is 0. The SMILES string of the molecule is Cl.O=C(NC1CCCNC1)c1ccc(-c2nc3ccccc3s2)s1. The van der Waals surface area contributed by atoms with Crippen LogP contribution in [-0.4, -0.2) is 30.0 Å². The van der Waals surface area contributed by atoms with Gasteiger partial charge in [0.25, 0.3) is 5.91 Å². The second-order valence-electron chi connectivity index (χ2n) is 5.67. The number of thiophene rings is 1. The molecule has 1 aromatic carbocycles. The zero-order valence-electron chi connectivity index (χ0n) is 13.0. The number of nitrogens with zero attached hydrogens (tertiary/aromatic N) is 1. The summed E-state index contributed by atoms with van der Waals surface area (Å²) in [6.07, 6.45) is 2.17. The third-order valence-electron chi connectivity index (χ3n) is 3.97. The monoisotopic (exact) mass is 379 g/mol. The molecular formula is C17H18ClN3OS2. The lowest BCUT2D eigenvalue weighted by Gasteiger charge is -2.23. The number of thiazole rings is 1. The van der Waals surface area contributed by atoms with Crippen LogP contribution in [0.5, 0.6) is 0 Å². The second-order valence-corrected chi connectivity index (χ2v) is 7.78. The fourth-order valence-electron chi connectivity index (χ4n) is 2.78. The second kappa shape index (κ2) is 7.61. The molecule has 24 heavy (non-hydrogen) atoms. The number of hydrogen-bond acceptors (Lipinski definition) is 5. The number of para-hydroxylation sites is 1. The zero-order chi connectivity index (χ0) is 15.6. The van der Waals surface area contributed by atoms with Gasteiger partial charge in [-0.15, -0.1) is 35.1 Å². The van der Waals surface area contributed by atoms with Gasteiger partial charge in [-0.1, -0.05) is 12.1 Å². The van der Waals surface area contributed by atoms with Gasteiger partial charge in [-0.2, -0.15) is 0 Å². The maximum Gasteiger partial charge on any atom is 0.261 e. The summed E-state index contributed by atoms with van der Waals surface area (Å²) in [5.41, 5.74) is 1.01. The molecule has 0 aliphatic carbocycles. The number of halogens is 1. The molecule has 1 aliphatic heterocycles. The first-order chi connectivity index (χ1) is 11.3. The zero-order valence-corrected chi connectivity index (χ0v) is 15.4. The van der Waals surface area contributed by atoms with Gasteiger partial charge in [0, 0.05) is 12.6 Å². The molecule has 2 aromatic heterocycles. The predicted octanol–water partition coefficient (Wildman–Crippen LogP) is 3.93. The van der Waals surface area contributed by atoms with Gasteiger partial charge in [0.2, 0.25) is 0 Å². The predicted molar refractivity (Wildman–Crippen MR) is 104 cm³/mol. The molecule has 7 heteroatoms. The van der Waals surface area contributed by atoms with Crippen LogP contribution >= 0.6 is 35.1 Å². The highest BCUT2D eigenvalue weighted by molar-refractivity contribution is 7.26. The standard InChI is InChI=1S/C17H17N3OS2.ClH/c21-16(19-11-4-3-9-18-10-11)14-7-8-15(22-14)17-20-12-5-1-2-6-13(12)23-17;/h1-2,5-8,11,18H,3-4,9-10H2,(H,19,21);1H. The molecule has 1 aliphatic rings. The fourth-order valence-corrected chi connectivity index (χ4v) is 4.71. The Bertz CT molecular complexity index is 806. The molecule has 4 nitrogen and oxygen atoms in total. The lowest BCUT2D eigenvalue weighted by atomic mass is 10.1. The molecule has 0 bridgehead atoms. The number of carbonyl (C=O) groups excluding carboxylic acids is 1. The van der Waals surface area contributed by atoms with Crippen molar-refractivity contribution in [2.75, 3.05) is 13.1 Å². The highest BCUT2D eigenvalue weighted by Gasteiger charge is 2.18. The van der Waals surface area contributed by atoms with Crippen molar-refractivity contribution in [2.45, 2.75) is 18.9 Å². The van der Waals surface area contributed by atoms with Gasteiger partial charge in [-0.05, 0) is 43.7 Å². The maximum atomic E-state index is 12.4. The van der Waals surface area contributed by atoms with E-state index < -0.39 is 0 Å². The minimum atomic E-state index is 0. The maximum absolute atomic E-state index is 12.4. The van der Waals surface area contributed by atoms with E-state index in [2.05, 4.69) is 21.7 Å². The van der Waals surface area contributed by atoms with Gasteiger partial charge >= 0.3 is 0 Å². The number of carbonyl (C=O) groups is 1. The fraction of sp³-hybridized carbons (Fsp3) is 0.294. The van der Waals surface area contributed by atoms with Gasteiger partial charge in [-0.25, -0.2) is 4.98 Å². The lowest BCUT2D eigenvalue weighted by Crippen LogP contribution is -2.45. The van der Waals surface area contributed by atoms with E-state index in [1.54, 1.807) is 11.3 Å². The first kappa shape index (κ1) is 17.4. The van der Waals surface area contributed by atoms with Crippen LogP contribution in [0.15, 0.2) is 36.4 Å². The summed E-state index contributed by atoms with van der Waals surface area (Å²) in [5.74, 6) is 0.0241. The smallest absolute Gasteiger partial charge is 0.261 e. The van der Waals surface area contributed by atoms with Gasteiger partial charge in [0.15, 0.2) is 0 Å². The van der Waals surface area contributed by atoms with Crippen molar-refractivity contribution in [2.24, 2.45) is 0 Å². The first-order valence-electron chi connectivity index (χ1n) is 7.77. The Morgan fingerprint density at radius 2 is 2.08 bits per heavy atom. The van der Waals surface area contributed by atoms with E-state index >= 15 is 0 Å². The van der Waals surface area contributed by atoms with Crippen molar-refractivity contribution < 1.29 is 4.79 Å². The highest BCUT2D eigenvalue weighted by atomic mass is 35.5. The van der Waals surface area contributed by atoms with E-state index in [-0.39, 0.29) is 24.4 Å². The molecule has 2 N–H and O–H groups in total. The van der Waals surface area contributed by atoms with Crippen LogP contribution in [0.3, 0.4) is 0 Å². The van der Waals surface area contributed by atoms with Crippen molar-refractivity contribution in [3.63, 3.8) is 0 Å². The third-order valence-corrected chi connectivity index (χ3v) is 6.26. The molecule has 126 valence electrons. The van der Waals surface area contributed by atoms with Gasteiger partial charge in [0.05, 0.1) is 20.0 Å². The molecule has 3 aromatic rings. The Labute approximate surface area is 154 Å². The summed E-state index contributed by atoms with van der Waals surface area (Å²) in [4.78, 5) is 18.9. The molecule has 1 atom stereocenters. The Kier molecular flexibility index (Phi) is 5.50. The number of rotatable bonds is 3. The van der Waals surface area contributed by atoms with Crippen molar-refractivity contribution in [3.8, 4) is 9.88 Å². The van der Waals surface area contributed by atoms with E-state index in [0.717, 1.165) is 46.2 Å². The Morgan fingerprint density at radius 1 is 1.21 bits per heavy atom. The summed E-state index contributed by atoms with van der Waals surface area (Å²) in [6, 6.07) is 12.3. The number of piperidine rings is 1. The van der Waals surface area contributed by atoms with E-state index in [9.17, 15) is 4.79 Å². The third kappa shape index (κ3) is 3.62. The van der Waals surface area contributed by atoms with Crippen LogP contribution in [0.1, 0.15) is 22.5 Å². The van der Waals surface area contributed by atoms with Crippen LogP contribution in [0, 0.1) is 0 Å². The van der Waals surface area contributed by atoms with Crippen LogP contribution < -0.4 is 10.6 Å². The van der Waals surface area contributed by atoms with Crippen LogP contribution in [-0.2, 0) is 0 Å². The summed E-state index contributed by atoms with van der Waals surface area (Å²) in [5, 5.41) is 7.42. The largest absolute Gasteiger partial charge is 0.347 e. The van der Waals surface area contributed by atoms with Crippen molar-refractivity contribution in [1.29, 1.82) is 0 Å². The quantitative estimate of drug-likeness (QED) is 0.725. The Morgan fingerprint density at radius 3 is 2.88 bits per heavy atom. The lowest BCUT2D eigenvalue weighted by molar-refractivity contribution is 0.0935. The van der Waals surface area contributed by atoms with Gasteiger partial charge in [0.1, 0.15) is 5.01 Å². The van der Waals surface area contributed by atoms with Crippen LogP contribution in [0.4, 0.5) is 0 Å². The van der Waals surface area contributed by atoms with Crippen LogP contribution in [0.25, 0.3) is 20.1 Å². The van der Waals surface area contributed by atoms with Gasteiger partial charge in [-0.3, -0.25) is 4.79 Å². The molecule has 3 heterocycles. The van der Waals surface area contributed by atoms with Crippen molar-refractivity contribution >= 4 is 51.2 Å². The number of nitrogens with one attached hydrogen (secondary N) is 2. The van der Waals surface area contributed by atoms with E-state index in [0.29, 0.717) is 0 Å². The normalized spacial score (nSPS) is 17.4. The van der Waals surface area contributed by atoms with E-state index in [1.807, 2.05) is 30.3 Å². The van der Waals surface area contributed by atoms with E-state index in [1.165, 1.54) is 16.0 Å². The summed E-state index contributed by atoms with van der Waals surface area (Å²) >= 11 is 3.18. The summed E-state index contributed by atoms with van der Waals surface area (Å²) in [6.45, 7) is 1.91. The van der Waals surface area contributed by atoms with Crippen molar-refractivity contribution in [3.05, 3.63) is 41.3 Å². The van der Waals surface area contributed by atoms with Crippen LogP contribution in [0.2, 0.25) is 0 Å². The molecule has 1 amide bonds. The molecule has 1 unspecified atom stereocenters. The van der Waals surface area contributed by atoms with E-state index in [4.69, 9.17) is 0 Å². The van der Waals surface area contributed by atoms with Gasteiger partial charge < -0.3 is 10.6 Å². The minimum absolute atomic E-state index is 0. The molecule has 4 rings (SSSR count). The molecule has 1 fully saturated rings. The number of amides is 1. The minimum Gasteiger partial charge on any atom is -0.347 e. The number of aromatic nitrogens is 1.